The monoisotopic (exact) mass is 229 g/mol. The van der Waals surface area contributed by atoms with Gasteiger partial charge in [-0.15, -0.1) is 0 Å². The summed E-state index contributed by atoms with van der Waals surface area (Å²) in [6, 6.07) is 0.437. The highest BCUT2D eigenvalue weighted by Crippen LogP contribution is 2.19. The van der Waals surface area contributed by atoms with Crippen molar-refractivity contribution in [2.75, 3.05) is 13.1 Å². The molecular formula is C12H27N3O. The van der Waals surface area contributed by atoms with Crippen molar-refractivity contribution < 1.29 is 4.79 Å². The predicted molar refractivity (Wildman–Crippen MR) is 67.7 cm³/mol. The van der Waals surface area contributed by atoms with E-state index in [2.05, 4.69) is 38.0 Å². The van der Waals surface area contributed by atoms with E-state index in [1.807, 2.05) is 13.8 Å². The highest BCUT2D eigenvalue weighted by atomic mass is 16.2. The Kier molecular flexibility index (Phi) is 5.97. The molecule has 0 rings (SSSR count). The van der Waals surface area contributed by atoms with E-state index in [1.165, 1.54) is 0 Å². The molecule has 0 bridgehead atoms. The molecule has 0 aliphatic carbocycles. The SMILES string of the molecule is CC(C)CN(CC(C)(C)C(=O)NN)C(C)C. The quantitative estimate of drug-likeness (QED) is 0.411. The second-order valence-electron chi connectivity index (χ2n) is 5.77. The molecule has 0 spiro atoms. The van der Waals surface area contributed by atoms with E-state index in [0.717, 1.165) is 13.1 Å². The van der Waals surface area contributed by atoms with E-state index < -0.39 is 5.41 Å². The van der Waals surface area contributed by atoms with E-state index >= 15 is 0 Å². The van der Waals surface area contributed by atoms with Crippen LogP contribution in [-0.4, -0.2) is 29.9 Å². The van der Waals surface area contributed by atoms with Crippen molar-refractivity contribution in [2.45, 2.75) is 47.6 Å². The summed E-state index contributed by atoms with van der Waals surface area (Å²) in [6.45, 7) is 14.2. The van der Waals surface area contributed by atoms with Gasteiger partial charge in [0.05, 0.1) is 5.41 Å². The van der Waals surface area contributed by atoms with Crippen molar-refractivity contribution in [1.82, 2.24) is 10.3 Å². The molecule has 4 nitrogen and oxygen atoms in total. The van der Waals surface area contributed by atoms with Gasteiger partial charge < -0.3 is 0 Å². The zero-order valence-electron chi connectivity index (χ0n) is 11.5. The van der Waals surface area contributed by atoms with Gasteiger partial charge in [-0.05, 0) is 33.6 Å². The van der Waals surface area contributed by atoms with Crippen LogP contribution in [0.5, 0.6) is 0 Å². The average molecular weight is 229 g/mol. The standard InChI is InChI=1S/C12H27N3O/c1-9(2)7-15(10(3)4)8-12(5,6)11(16)14-13/h9-10H,7-8,13H2,1-6H3,(H,14,16). The lowest BCUT2D eigenvalue weighted by molar-refractivity contribution is -0.130. The number of hydrazine groups is 1. The van der Waals surface area contributed by atoms with E-state index in [-0.39, 0.29) is 5.91 Å². The fourth-order valence-corrected chi connectivity index (χ4v) is 1.70. The molecule has 0 aromatic heterocycles. The summed E-state index contributed by atoms with van der Waals surface area (Å²) in [6.07, 6.45) is 0. The maximum Gasteiger partial charge on any atom is 0.240 e. The van der Waals surface area contributed by atoms with Crippen LogP contribution >= 0.6 is 0 Å². The third kappa shape index (κ3) is 4.94. The molecule has 0 aromatic rings. The Morgan fingerprint density at radius 2 is 1.81 bits per heavy atom. The Bertz CT molecular complexity index is 224. The lowest BCUT2D eigenvalue weighted by Gasteiger charge is -2.35. The van der Waals surface area contributed by atoms with Crippen LogP contribution in [0.2, 0.25) is 0 Å². The molecule has 0 heterocycles. The van der Waals surface area contributed by atoms with Crippen LogP contribution in [-0.2, 0) is 4.79 Å². The summed E-state index contributed by atoms with van der Waals surface area (Å²) in [5, 5.41) is 0. The molecule has 0 aromatic carbocycles. The maximum absolute atomic E-state index is 11.6. The van der Waals surface area contributed by atoms with Crippen LogP contribution in [0.15, 0.2) is 0 Å². The topological polar surface area (TPSA) is 58.4 Å². The lowest BCUT2D eigenvalue weighted by atomic mass is 9.91. The lowest BCUT2D eigenvalue weighted by Crippen LogP contribution is -2.49. The van der Waals surface area contributed by atoms with Crippen LogP contribution in [0.4, 0.5) is 0 Å². The van der Waals surface area contributed by atoms with Gasteiger partial charge in [-0.1, -0.05) is 13.8 Å². The summed E-state index contributed by atoms with van der Waals surface area (Å²) < 4.78 is 0. The first-order valence-electron chi connectivity index (χ1n) is 5.95. The number of nitrogens with two attached hydrogens (primary N) is 1. The minimum atomic E-state index is -0.450. The van der Waals surface area contributed by atoms with E-state index in [4.69, 9.17) is 5.84 Å². The molecule has 3 N–H and O–H groups in total. The first-order chi connectivity index (χ1) is 7.20. The number of carbonyl (C=O) groups excluding carboxylic acids is 1. The Morgan fingerprint density at radius 1 is 1.31 bits per heavy atom. The van der Waals surface area contributed by atoms with Crippen LogP contribution in [0.1, 0.15) is 41.5 Å². The van der Waals surface area contributed by atoms with Crippen molar-refractivity contribution in [3.63, 3.8) is 0 Å². The van der Waals surface area contributed by atoms with Gasteiger partial charge in [0, 0.05) is 19.1 Å². The molecule has 0 saturated carbocycles. The third-order valence-electron chi connectivity index (χ3n) is 2.67. The molecule has 0 radical (unpaired) electrons. The Morgan fingerprint density at radius 3 is 2.12 bits per heavy atom. The van der Waals surface area contributed by atoms with Crippen LogP contribution < -0.4 is 11.3 Å². The molecule has 0 atom stereocenters. The van der Waals surface area contributed by atoms with Gasteiger partial charge in [0.2, 0.25) is 5.91 Å². The molecule has 16 heavy (non-hydrogen) atoms. The second kappa shape index (κ2) is 6.21. The normalized spacial score (nSPS) is 12.6. The van der Waals surface area contributed by atoms with E-state index in [0.29, 0.717) is 12.0 Å². The summed E-state index contributed by atoms with van der Waals surface area (Å²) >= 11 is 0. The number of hydrogen-bond donors (Lipinski definition) is 2. The fraction of sp³-hybridized carbons (Fsp3) is 0.917. The molecule has 0 aliphatic heterocycles. The molecule has 96 valence electrons. The van der Waals surface area contributed by atoms with Gasteiger partial charge in [0.25, 0.3) is 0 Å². The number of hydrogen-bond acceptors (Lipinski definition) is 3. The van der Waals surface area contributed by atoms with Crippen molar-refractivity contribution in [3.05, 3.63) is 0 Å². The van der Waals surface area contributed by atoms with Gasteiger partial charge in [0.15, 0.2) is 0 Å². The number of carbonyl (C=O) groups is 1. The van der Waals surface area contributed by atoms with Gasteiger partial charge in [-0.2, -0.15) is 0 Å². The summed E-state index contributed by atoms with van der Waals surface area (Å²) in [4.78, 5) is 13.9. The molecule has 0 fully saturated rings. The molecule has 0 saturated heterocycles. The Balaban J connectivity index is 4.55. The Hall–Kier alpha value is -0.610. The number of amides is 1. The maximum atomic E-state index is 11.6. The zero-order valence-corrected chi connectivity index (χ0v) is 11.5. The van der Waals surface area contributed by atoms with Crippen molar-refractivity contribution in [2.24, 2.45) is 17.2 Å². The minimum Gasteiger partial charge on any atom is -0.300 e. The van der Waals surface area contributed by atoms with Gasteiger partial charge >= 0.3 is 0 Å². The molecule has 4 heteroatoms. The summed E-state index contributed by atoms with van der Waals surface area (Å²) in [7, 11) is 0. The van der Waals surface area contributed by atoms with Gasteiger partial charge in [-0.3, -0.25) is 15.1 Å². The number of rotatable bonds is 6. The van der Waals surface area contributed by atoms with Crippen molar-refractivity contribution in [1.29, 1.82) is 0 Å². The van der Waals surface area contributed by atoms with Gasteiger partial charge in [-0.25, -0.2) is 5.84 Å². The first kappa shape index (κ1) is 15.4. The molecule has 0 unspecified atom stereocenters. The van der Waals surface area contributed by atoms with Crippen LogP contribution in [0.25, 0.3) is 0 Å². The van der Waals surface area contributed by atoms with Crippen molar-refractivity contribution in [3.8, 4) is 0 Å². The Labute approximate surface area is 99.5 Å². The number of nitrogens with zero attached hydrogens (tertiary/aromatic N) is 1. The largest absolute Gasteiger partial charge is 0.300 e. The smallest absolute Gasteiger partial charge is 0.240 e. The molecular weight excluding hydrogens is 202 g/mol. The van der Waals surface area contributed by atoms with E-state index in [9.17, 15) is 4.79 Å². The highest BCUT2D eigenvalue weighted by Gasteiger charge is 2.30. The highest BCUT2D eigenvalue weighted by molar-refractivity contribution is 5.81. The average Bonchev–Trinajstić information content (AvgIpc) is 2.14. The van der Waals surface area contributed by atoms with Crippen molar-refractivity contribution >= 4 is 5.91 Å². The first-order valence-corrected chi connectivity index (χ1v) is 5.95. The summed E-state index contributed by atoms with van der Waals surface area (Å²) in [5.41, 5.74) is 1.79. The third-order valence-corrected chi connectivity index (χ3v) is 2.67. The molecule has 1 amide bonds. The van der Waals surface area contributed by atoms with E-state index in [1.54, 1.807) is 0 Å². The second-order valence-corrected chi connectivity index (χ2v) is 5.77. The minimum absolute atomic E-state index is 0.109. The zero-order chi connectivity index (χ0) is 12.9. The molecule has 0 aliphatic rings. The van der Waals surface area contributed by atoms with Gasteiger partial charge in [0.1, 0.15) is 0 Å². The number of nitrogens with one attached hydrogen (secondary N) is 1. The van der Waals surface area contributed by atoms with Crippen LogP contribution in [0.3, 0.4) is 0 Å². The summed E-state index contributed by atoms with van der Waals surface area (Å²) in [5.74, 6) is 5.68. The fourth-order valence-electron chi connectivity index (χ4n) is 1.70. The van der Waals surface area contributed by atoms with Crippen LogP contribution in [0, 0.1) is 11.3 Å². The predicted octanol–water partition coefficient (Wildman–Crippen LogP) is 1.37.